The van der Waals surface area contributed by atoms with Crippen molar-refractivity contribution in [2.75, 3.05) is 6.54 Å². The average Bonchev–Trinajstić information content (AvgIpc) is 3.17. The van der Waals surface area contributed by atoms with Gasteiger partial charge in [-0.2, -0.15) is 35.0 Å². The number of nitrogens with zero attached hydrogens (tertiary/aromatic N) is 1. The summed E-state index contributed by atoms with van der Waals surface area (Å²) in [5, 5.41) is 0. The normalized spacial score (nSPS) is 22.5. The molecule has 1 heterocycles. The van der Waals surface area contributed by atoms with Gasteiger partial charge in [-0.25, -0.2) is 8.42 Å². The molecule has 2 atom stereocenters. The Labute approximate surface area is 133 Å². The number of halogens is 7. The number of aryl methyl sites for hydroxylation is 1. The van der Waals surface area contributed by atoms with E-state index in [-0.39, 0.29) is 4.90 Å². The molecule has 1 fully saturated rings. The van der Waals surface area contributed by atoms with Gasteiger partial charge in [-0.3, -0.25) is 0 Å². The van der Waals surface area contributed by atoms with Gasteiger partial charge in [0.1, 0.15) is 0 Å². The SMILES string of the molecule is Cc1ccc(S(=O)(=O)N2CC2CC(F)(F)C(F)(F)C(F)(F)F)cc1. The molecule has 1 aliphatic rings. The third kappa shape index (κ3) is 3.23. The summed E-state index contributed by atoms with van der Waals surface area (Å²) in [7, 11) is -4.21. The van der Waals surface area contributed by atoms with Crippen LogP contribution in [0.15, 0.2) is 29.2 Å². The third-order valence-corrected chi connectivity index (χ3v) is 5.53. The van der Waals surface area contributed by atoms with Gasteiger partial charge in [-0.05, 0) is 19.1 Å². The van der Waals surface area contributed by atoms with Crippen LogP contribution in [0.2, 0.25) is 0 Å². The summed E-state index contributed by atoms with van der Waals surface area (Å²) >= 11 is 0. The third-order valence-electron chi connectivity index (χ3n) is 3.60. The number of hydrogen-bond acceptors (Lipinski definition) is 2. The lowest BCUT2D eigenvalue weighted by molar-refractivity contribution is -0.355. The van der Waals surface area contributed by atoms with Crippen LogP contribution < -0.4 is 0 Å². The molecule has 11 heteroatoms. The summed E-state index contributed by atoms with van der Waals surface area (Å²) in [6, 6.07) is 3.67. The molecule has 0 aromatic heterocycles. The maximum Gasteiger partial charge on any atom is 0.459 e. The van der Waals surface area contributed by atoms with Gasteiger partial charge in [-0.1, -0.05) is 17.7 Å². The van der Waals surface area contributed by atoms with Crippen LogP contribution in [0, 0.1) is 6.92 Å². The van der Waals surface area contributed by atoms with Gasteiger partial charge in [0, 0.05) is 19.0 Å². The average molecular weight is 379 g/mol. The molecular formula is C13H12F7NO2S. The van der Waals surface area contributed by atoms with E-state index in [0.717, 1.165) is 5.56 Å². The Morgan fingerprint density at radius 2 is 1.54 bits per heavy atom. The second kappa shape index (κ2) is 5.58. The van der Waals surface area contributed by atoms with Crippen molar-refractivity contribution in [1.29, 1.82) is 0 Å². The van der Waals surface area contributed by atoms with Gasteiger partial charge in [0.15, 0.2) is 0 Å². The molecule has 1 saturated heterocycles. The minimum absolute atomic E-state index is 0.249. The predicted octanol–water partition coefficient (Wildman–Crippen LogP) is 3.59. The molecular weight excluding hydrogens is 367 g/mol. The Morgan fingerprint density at radius 3 is 2.00 bits per heavy atom. The van der Waals surface area contributed by atoms with Crippen molar-refractivity contribution in [3.63, 3.8) is 0 Å². The van der Waals surface area contributed by atoms with E-state index >= 15 is 0 Å². The molecule has 1 aromatic carbocycles. The summed E-state index contributed by atoms with van der Waals surface area (Å²) in [5.74, 6) is -11.6. The lowest BCUT2D eigenvalue weighted by Crippen LogP contribution is -2.52. The lowest BCUT2D eigenvalue weighted by atomic mass is 10.1. The molecule has 1 aromatic rings. The summed E-state index contributed by atoms with van der Waals surface area (Å²) in [4.78, 5) is -0.249. The standard InChI is InChI=1S/C13H12F7NO2S/c1-8-2-4-10(5-3-8)24(22,23)21-7-9(21)6-11(14,15)12(16,17)13(18,19)20/h2-5,9H,6-7H2,1H3. The van der Waals surface area contributed by atoms with Crippen molar-refractivity contribution < 1.29 is 39.2 Å². The zero-order chi connectivity index (χ0) is 18.6. The molecule has 3 nitrogen and oxygen atoms in total. The molecule has 2 rings (SSSR count). The Kier molecular flexibility index (Phi) is 4.41. The summed E-state index contributed by atoms with van der Waals surface area (Å²) < 4.78 is 113. The highest BCUT2D eigenvalue weighted by molar-refractivity contribution is 7.89. The van der Waals surface area contributed by atoms with Crippen molar-refractivity contribution in [3.8, 4) is 0 Å². The monoisotopic (exact) mass is 379 g/mol. The largest absolute Gasteiger partial charge is 0.459 e. The van der Waals surface area contributed by atoms with Crippen molar-refractivity contribution in [2.24, 2.45) is 0 Å². The molecule has 0 spiro atoms. The number of hydrogen-bond donors (Lipinski definition) is 0. The van der Waals surface area contributed by atoms with Crippen LogP contribution in [0.3, 0.4) is 0 Å². The first kappa shape index (κ1) is 19.0. The van der Waals surface area contributed by atoms with E-state index in [1.807, 2.05) is 0 Å². The van der Waals surface area contributed by atoms with Crippen LogP contribution >= 0.6 is 0 Å². The van der Waals surface area contributed by atoms with E-state index in [2.05, 4.69) is 0 Å². The molecule has 0 amide bonds. The van der Waals surface area contributed by atoms with E-state index in [0.29, 0.717) is 4.31 Å². The molecule has 24 heavy (non-hydrogen) atoms. The topological polar surface area (TPSA) is 37.1 Å². The second-order valence-corrected chi connectivity index (χ2v) is 7.41. The number of benzene rings is 1. The highest BCUT2D eigenvalue weighted by Crippen LogP contribution is 2.50. The summed E-state index contributed by atoms with van der Waals surface area (Å²) in [6.45, 7) is 1.14. The molecule has 0 radical (unpaired) electrons. The maximum atomic E-state index is 13.3. The first-order chi connectivity index (χ1) is 10.7. The van der Waals surface area contributed by atoms with Crippen molar-refractivity contribution >= 4 is 10.0 Å². The van der Waals surface area contributed by atoms with Crippen LogP contribution in [-0.4, -0.2) is 43.3 Å². The first-order valence-electron chi connectivity index (χ1n) is 6.61. The fraction of sp³-hybridized carbons (Fsp3) is 0.538. The van der Waals surface area contributed by atoms with Gasteiger partial charge >= 0.3 is 18.0 Å². The minimum Gasteiger partial charge on any atom is -0.207 e. The van der Waals surface area contributed by atoms with E-state index in [9.17, 15) is 39.2 Å². The zero-order valence-electron chi connectivity index (χ0n) is 12.1. The molecule has 0 aliphatic carbocycles. The fourth-order valence-corrected chi connectivity index (χ4v) is 3.68. The number of alkyl halides is 7. The Bertz CT molecular complexity index is 713. The van der Waals surface area contributed by atoms with Crippen LogP contribution in [-0.2, 0) is 10.0 Å². The van der Waals surface area contributed by atoms with Crippen LogP contribution in [0.4, 0.5) is 30.7 Å². The predicted molar refractivity (Wildman–Crippen MR) is 69.4 cm³/mol. The van der Waals surface area contributed by atoms with Crippen LogP contribution in [0.25, 0.3) is 0 Å². The van der Waals surface area contributed by atoms with E-state index < -0.39 is 47.1 Å². The fourth-order valence-electron chi connectivity index (χ4n) is 2.10. The van der Waals surface area contributed by atoms with E-state index in [1.54, 1.807) is 6.92 Å². The van der Waals surface area contributed by atoms with Crippen LogP contribution in [0.5, 0.6) is 0 Å². The van der Waals surface area contributed by atoms with Gasteiger partial charge in [0.2, 0.25) is 10.0 Å². The maximum absolute atomic E-state index is 13.3. The minimum atomic E-state index is -6.42. The van der Waals surface area contributed by atoms with Gasteiger partial charge < -0.3 is 0 Å². The summed E-state index contributed by atoms with van der Waals surface area (Å²) in [6.07, 6.45) is -8.34. The van der Waals surface area contributed by atoms with Gasteiger partial charge in [0.25, 0.3) is 0 Å². The van der Waals surface area contributed by atoms with E-state index in [4.69, 9.17) is 0 Å². The van der Waals surface area contributed by atoms with Gasteiger partial charge in [-0.15, -0.1) is 0 Å². The highest BCUT2D eigenvalue weighted by Gasteiger charge is 2.74. The van der Waals surface area contributed by atoms with Crippen molar-refractivity contribution in [1.82, 2.24) is 4.31 Å². The Balaban J connectivity index is 2.14. The zero-order valence-corrected chi connectivity index (χ0v) is 12.9. The lowest BCUT2D eigenvalue weighted by Gasteiger charge is -2.28. The first-order valence-corrected chi connectivity index (χ1v) is 8.05. The molecule has 2 unspecified atom stereocenters. The number of rotatable bonds is 5. The smallest absolute Gasteiger partial charge is 0.207 e. The van der Waals surface area contributed by atoms with E-state index in [1.165, 1.54) is 24.3 Å². The summed E-state index contributed by atoms with van der Waals surface area (Å²) in [5.41, 5.74) is 0.729. The molecule has 1 aliphatic heterocycles. The van der Waals surface area contributed by atoms with Gasteiger partial charge in [0.05, 0.1) is 4.90 Å². The Morgan fingerprint density at radius 1 is 1.04 bits per heavy atom. The second-order valence-electron chi connectivity index (χ2n) is 5.52. The molecule has 0 saturated carbocycles. The van der Waals surface area contributed by atoms with Crippen LogP contribution in [0.1, 0.15) is 12.0 Å². The quantitative estimate of drug-likeness (QED) is 0.579. The van der Waals surface area contributed by atoms with Crippen molar-refractivity contribution in [2.45, 2.75) is 42.3 Å². The molecule has 0 bridgehead atoms. The molecule has 136 valence electrons. The Hall–Kier alpha value is -1.36. The molecule has 0 N–H and O–H groups in total. The van der Waals surface area contributed by atoms with Crippen molar-refractivity contribution in [3.05, 3.63) is 29.8 Å². The highest BCUT2D eigenvalue weighted by atomic mass is 32.2. The number of sulfonamides is 1.